The van der Waals surface area contributed by atoms with Crippen LogP contribution in [0.3, 0.4) is 0 Å². The number of nitrogens with two attached hydrogens (primary N) is 2. The third kappa shape index (κ3) is 2.85. The fraction of sp³-hybridized carbons (Fsp3) is 0.429. The van der Waals surface area contributed by atoms with E-state index in [-0.39, 0.29) is 12.0 Å². The van der Waals surface area contributed by atoms with E-state index in [0.29, 0.717) is 5.69 Å². The molecule has 0 unspecified atom stereocenters. The Kier molecular flexibility index (Phi) is 3.16. The first-order valence-corrected chi connectivity index (χ1v) is 4.13. The van der Waals surface area contributed by atoms with Crippen molar-refractivity contribution in [3.63, 3.8) is 0 Å². The molecule has 0 saturated carbocycles. The molecule has 0 aliphatic rings. The molecule has 0 aliphatic heterocycles. The lowest BCUT2D eigenvalue weighted by Crippen LogP contribution is -2.21. The van der Waals surface area contributed by atoms with Crippen LogP contribution in [0.5, 0.6) is 0 Å². The summed E-state index contributed by atoms with van der Waals surface area (Å²) in [6.07, 6.45) is 3.20. The Bertz CT molecular complexity index is 345. The summed E-state index contributed by atoms with van der Waals surface area (Å²) in [6.45, 7) is 4.01. The fourth-order valence-electron chi connectivity index (χ4n) is 0.757. The molecule has 0 spiro atoms. The van der Waals surface area contributed by atoms with Crippen molar-refractivity contribution in [1.82, 2.24) is 15.0 Å². The van der Waals surface area contributed by atoms with Crippen LogP contribution < -0.4 is 11.5 Å². The van der Waals surface area contributed by atoms with Gasteiger partial charge in [-0.05, 0) is 13.8 Å². The first-order valence-electron chi connectivity index (χ1n) is 4.13. The molecule has 1 heterocycles. The average Bonchev–Trinajstić information content (AvgIpc) is 2.52. The lowest BCUT2D eigenvalue weighted by Gasteiger charge is -2.00. The standard InChI is InChI=1S/C7H13N7/c1-5(2)14-4-6(11-13-14)3-10-12-7(8)9/h3-5H,1-2H3,(H4,8,9,12)/b10-3+. The molecule has 0 fully saturated rings. The number of aromatic nitrogens is 3. The lowest BCUT2D eigenvalue weighted by atomic mass is 10.4. The van der Waals surface area contributed by atoms with Gasteiger partial charge < -0.3 is 11.5 Å². The molecule has 0 atom stereocenters. The molecule has 0 aromatic carbocycles. The van der Waals surface area contributed by atoms with Gasteiger partial charge >= 0.3 is 0 Å². The van der Waals surface area contributed by atoms with Gasteiger partial charge in [-0.2, -0.15) is 5.10 Å². The van der Waals surface area contributed by atoms with Gasteiger partial charge in [0.05, 0.1) is 12.4 Å². The van der Waals surface area contributed by atoms with E-state index in [4.69, 9.17) is 11.5 Å². The van der Waals surface area contributed by atoms with Gasteiger partial charge in [-0.15, -0.1) is 10.2 Å². The van der Waals surface area contributed by atoms with Gasteiger partial charge in [-0.3, -0.25) is 0 Å². The molecule has 0 saturated heterocycles. The van der Waals surface area contributed by atoms with Crippen molar-refractivity contribution in [1.29, 1.82) is 0 Å². The Hall–Kier alpha value is -1.92. The van der Waals surface area contributed by atoms with Gasteiger partial charge in [0.15, 0.2) is 0 Å². The highest BCUT2D eigenvalue weighted by Crippen LogP contribution is 2.00. The molecule has 0 aliphatic carbocycles. The summed E-state index contributed by atoms with van der Waals surface area (Å²) in [5.41, 5.74) is 10.8. The van der Waals surface area contributed by atoms with E-state index in [1.54, 1.807) is 10.9 Å². The Balaban J connectivity index is 2.69. The molecule has 0 bridgehead atoms. The molecule has 14 heavy (non-hydrogen) atoms. The predicted octanol–water partition coefficient (Wildman–Crippen LogP) is -0.534. The van der Waals surface area contributed by atoms with Crippen molar-refractivity contribution >= 4 is 12.2 Å². The van der Waals surface area contributed by atoms with E-state index in [1.807, 2.05) is 13.8 Å². The predicted molar refractivity (Wildman–Crippen MR) is 53.8 cm³/mol. The van der Waals surface area contributed by atoms with E-state index in [1.165, 1.54) is 6.21 Å². The van der Waals surface area contributed by atoms with Crippen LogP contribution in [0.2, 0.25) is 0 Å². The zero-order valence-corrected chi connectivity index (χ0v) is 8.12. The fourth-order valence-corrected chi connectivity index (χ4v) is 0.757. The molecule has 7 nitrogen and oxygen atoms in total. The van der Waals surface area contributed by atoms with Gasteiger partial charge in [0.1, 0.15) is 5.69 Å². The molecular weight excluding hydrogens is 182 g/mol. The van der Waals surface area contributed by atoms with E-state index >= 15 is 0 Å². The van der Waals surface area contributed by atoms with Crippen LogP contribution in [0.4, 0.5) is 0 Å². The Morgan fingerprint density at radius 2 is 2.29 bits per heavy atom. The average molecular weight is 195 g/mol. The Labute approximate surface area is 81.5 Å². The maximum Gasteiger partial charge on any atom is 0.211 e. The maximum absolute atomic E-state index is 5.08. The summed E-state index contributed by atoms with van der Waals surface area (Å²) in [4.78, 5) is 0. The monoisotopic (exact) mass is 195 g/mol. The third-order valence-electron chi connectivity index (χ3n) is 1.42. The van der Waals surface area contributed by atoms with Gasteiger partial charge in [-0.1, -0.05) is 5.21 Å². The minimum atomic E-state index is -0.0856. The molecule has 1 aromatic rings. The van der Waals surface area contributed by atoms with Gasteiger partial charge in [0, 0.05) is 6.04 Å². The van der Waals surface area contributed by atoms with Crippen molar-refractivity contribution in [3.05, 3.63) is 11.9 Å². The Morgan fingerprint density at radius 1 is 1.57 bits per heavy atom. The van der Waals surface area contributed by atoms with Crippen molar-refractivity contribution in [2.24, 2.45) is 21.7 Å². The van der Waals surface area contributed by atoms with Crippen LogP contribution in [0.25, 0.3) is 0 Å². The van der Waals surface area contributed by atoms with Crippen LogP contribution in [-0.4, -0.2) is 27.2 Å². The van der Waals surface area contributed by atoms with Crippen LogP contribution in [0, 0.1) is 0 Å². The van der Waals surface area contributed by atoms with E-state index in [9.17, 15) is 0 Å². The highest BCUT2D eigenvalue weighted by atomic mass is 15.4. The molecule has 1 rings (SSSR count). The van der Waals surface area contributed by atoms with E-state index in [2.05, 4.69) is 20.5 Å². The minimum Gasteiger partial charge on any atom is -0.369 e. The quantitative estimate of drug-likeness (QED) is 0.384. The summed E-state index contributed by atoms with van der Waals surface area (Å²) in [6, 6.07) is 0.271. The molecule has 0 radical (unpaired) electrons. The summed E-state index contributed by atoms with van der Waals surface area (Å²) < 4.78 is 1.72. The summed E-state index contributed by atoms with van der Waals surface area (Å²) in [5, 5.41) is 14.8. The molecule has 76 valence electrons. The van der Waals surface area contributed by atoms with Gasteiger partial charge in [0.25, 0.3) is 0 Å². The van der Waals surface area contributed by atoms with E-state index in [0.717, 1.165) is 0 Å². The summed E-state index contributed by atoms with van der Waals surface area (Å²) in [5.74, 6) is -0.0856. The van der Waals surface area contributed by atoms with Crippen molar-refractivity contribution in [3.8, 4) is 0 Å². The third-order valence-corrected chi connectivity index (χ3v) is 1.42. The van der Waals surface area contributed by atoms with Crippen LogP contribution in [-0.2, 0) is 0 Å². The van der Waals surface area contributed by atoms with E-state index < -0.39 is 0 Å². The first kappa shape index (κ1) is 10.2. The zero-order valence-electron chi connectivity index (χ0n) is 8.12. The normalized spacial score (nSPS) is 11.1. The molecule has 1 aromatic heterocycles. The van der Waals surface area contributed by atoms with Crippen molar-refractivity contribution in [2.75, 3.05) is 0 Å². The summed E-state index contributed by atoms with van der Waals surface area (Å²) >= 11 is 0. The van der Waals surface area contributed by atoms with Crippen molar-refractivity contribution in [2.45, 2.75) is 19.9 Å². The smallest absolute Gasteiger partial charge is 0.211 e. The maximum atomic E-state index is 5.08. The van der Waals surface area contributed by atoms with Crippen molar-refractivity contribution < 1.29 is 0 Å². The number of guanidine groups is 1. The van der Waals surface area contributed by atoms with Crippen LogP contribution >= 0.6 is 0 Å². The first-order chi connectivity index (χ1) is 6.59. The second kappa shape index (κ2) is 4.35. The summed E-state index contributed by atoms with van der Waals surface area (Å²) in [7, 11) is 0. The largest absolute Gasteiger partial charge is 0.369 e. The van der Waals surface area contributed by atoms with Crippen LogP contribution in [0.1, 0.15) is 25.6 Å². The minimum absolute atomic E-state index is 0.0856. The second-order valence-electron chi connectivity index (χ2n) is 2.99. The lowest BCUT2D eigenvalue weighted by molar-refractivity contribution is 0.514. The van der Waals surface area contributed by atoms with Gasteiger partial charge in [0.2, 0.25) is 5.96 Å². The topological polar surface area (TPSA) is 107 Å². The molecular formula is C7H13N7. The highest BCUT2D eigenvalue weighted by molar-refractivity contribution is 5.79. The molecule has 7 heteroatoms. The van der Waals surface area contributed by atoms with Crippen LogP contribution in [0.15, 0.2) is 16.4 Å². The highest BCUT2D eigenvalue weighted by Gasteiger charge is 2.00. The number of hydrogen-bond donors (Lipinski definition) is 2. The Morgan fingerprint density at radius 3 is 2.79 bits per heavy atom. The number of rotatable bonds is 3. The second-order valence-corrected chi connectivity index (χ2v) is 2.99. The molecule has 4 N–H and O–H groups in total. The number of hydrogen-bond acceptors (Lipinski definition) is 4. The molecule has 0 amide bonds. The van der Waals surface area contributed by atoms with Gasteiger partial charge in [-0.25, -0.2) is 4.68 Å². The number of nitrogens with zero attached hydrogens (tertiary/aromatic N) is 5. The zero-order chi connectivity index (χ0) is 10.6. The SMILES string of the molecule is CC(C)n1cc(/C=N/N=C(N)N)nn1.